The maximum Gasteiger partial charge on any atom is 4.00 e. The standard InChI is InChI=1S/2C2H2.CH.C.2ClH.4Sb.Zr.2H/c2*1-2;;;;;;;;;;;/h2*1-2H;1H;;2*1H;;;;;;;/q;;2*-1;;;;;;;+4;;/p-2. The second kappa shape index (κ2) is 25.0. The Morgan fingerprint density at radius 2 is 2.15 bits per heavy atom. The van der Waals surface area contributed by atoms with Gasteiger partial charge in [-0.2, -0.15) is 0 Å². The third-order valence-corrected chi connectivity index (χ3v) is 14.2. The Kier molecular flexibility index (Phi) is 49.4. The van der Waals surface area contributed by atoms with Gasteiger partial charge in [-0.15, -0.1) is 0 Å². The van der Waals surface area contributed by atoms with Gasteiger partial charge in [-0.1, -0.05) is 0 Å². The van der Waals surface area contributed by atoms with E-state index in [9.17, 15) is 0 Å². The molecule has 1 heterocycles. The van der Waals surface area contributed by atoms with Crippen molar-refractivity contribution in [3.63, 3.8) is 0 Å². The molecule has 69 valence electrons. The summed E-state index contributed by atoms with van der Waals surface area (Å²) in [4.78, 5) is 0. The summed E-state index contributed by atoms with van der Waals surface area (Å²) in [6, 6.07) is 0. The van der Waals surface area contributed by atoms with E-state index in [-0.39, 0.29) is 115 Å². The van der Waals surface area contributed by atoms with Crippen molar-refractivity contribution in [1.29, 1.82) is 0 Å². The van der Waals surface area contributed by atoms with E-state index in [2.05, 4.69) is 18.0 Å². The summed E-state index contributed by atoms with van der Waals surface area (Å²) in [7, 11) is 0. The van der Waals surface area contributed by atoms with Crippen molar-refractivity contribution in [3.05, 3.63) is 16.1 Å². The minimum atomic E-state index is -0.318. The molecule has 0 atom stereocenters. The molecular weight excluding hydrogens is 721 g/mol. The fourth-order valence-electron chi connectivity index (χ4n) is 0.229. The van der Waals surface area contributed by atoms with Crippen LogP contribution in [0.4, 0.5) is 0 Å². The molecule has 0 spiro atoms. The zero-order valence-electron chi connectivity index (χ0n) is 6.54. The van der Waals surface area contributed by atoms with E-state index in [1.807, 2.05) is 0 Å². The summed E-state index contributed by atoms with van der Waals surface area (Å²) in [5, 5.41) is 0. The predicted molar refractivity (Wildman–Crippen MR) is 55.2 cm³/mol. The molecule has 0 fully saturated rings. The van der Waals surface area contributed by atoms with Gasteiger partial charge >= 0.3 is 136 Å². The van der Waals surface area contributed by atoms with Gasteiger partial charge in [0.05, 0.1) is 0 Å². The van der Waals surface area contributed by atoms with Crippen LogP contribution in [-0.4, -0.2) is 93.3 Å². The minimum absolute atomic E-state index is 0. The molecule has 0 amide bonds. The van der Waals surface area contributed by atoms with Crippen molar-refractivity contribution in [2.24, 2.45) is 0 Å². The van der Waals surface area contributed by atoms with Crippen LogP contribution < -0.4 is 24.8 Å². The van der Waals surface area contributed by atoms with E-state index in [0.29, 0.717) is 0 Å². The number of halogens is 2. The van der Waals surface area contributed by atoms with E-state index in [1.165, 1.54) is 23.0 Å². The Hall–Kier alpha value is 3.96. The summed E-state index contributed by atoms with van der Waals surface area (Å²) in [5.41, 5.74) is 0. The van der Waals surface area contributed by atoms with Crippen LogP contribution >= 0.6 is 0 Å². The molecular formula is C6H7Cl2Sb4Zr. The van der Waals surface area contributed by atoms with Gasteiger partial charge in [0.15, 0.2) is 0 Å². The van der Waals surface area contributed by atoms with Crippen molar-refractivity contribution < 1.29 is 51.0 Å². The third-order valence-electron chi connectivity index (χ3n) is 0.522. The maximum atomic E-state index is 5.22. The van der Waals surface area contributed by atoms with Crippen LogP contribution in [0.5, 0.6) is 0 Å². The number of hydrogen-bond acceptors (Lipinski definition) is 0. The predicted octanol–water partition coefficient (Wildman–Crippen LogP) is -7.37. The summed E-state index contributed by atoms with van der Waals surface area (Å²) < 4.78 is 17.5. The quantitative estimate of drug-likeness (QED) is 0.186. The van der Waals surface area contributed by atoms with Gasteiger partial charge in [-0.3, -0.25) is 0 Å². The SMILES string of the molecule is [C-]1=[Sb][CH]=[CH][SbH]1.[CH-]=[Sb][CH]=[CH][SbH].[Cl-].[Cl-].[Zr+4]. The first-order valence-corrected chi connectivity index (χ1v) is 12.9. The van der Waals surface area contributed by atoms with Gasteiger partial charge < -0.3 is 24.8 Å². The van der Waals surface area contributed by atoms with Gasteiger partial charge in [0.1, 0.15) is 0 Å². The third kappa shape index (κ3) is 25.9. The van der Waals surface area contributed by atoms with E-state index >= 15 is 0 Å². The maximum absolute atomic E-state index is 5.22. The zero-order valence-corrected chi connectivity index (χ0v) is 21.3. The van der Waals surface area contributed by atoms with Crippen LogP contribution in [0.2, 0.25) is 0 Å². The van der Waals surface area contributed by atoms with Crippen molar-refractivity contribution in [2.75, 3.05) is 0 Å². The Bertz CT molecular complexity index is 157. The van der Waals surface area contributed by atoms with Crippen LogP contribution in [0.15, 0.2) is 16.1 Å². The first-order valence-electron chi connectivity index (χ1n) is 2.49. The molecule has 7 heteroatoms. The molecule has 1 rings (SSSR count). The molecule has 1 aliphatic rings. The molecule has 0 N–H and O–H groups in total. The van der Waals surface area contributed by atoms with Crippen molar-refractivity contribution in [2.45, 2.75) is 0 Å². The smallest absolute Gasteiger partial charge is 1.00 e. The van der Waals surface area contributed by atoms with Gasteiger partial charge in [0.25, 0.3) is 0 Å². The van der Waals surface area contributed by atoms with E-state index < -0.39 is 0 Å². The number of hydrogen-bond donors (Lipinski definition) is 0. The second-order valence-corrected chi connectivity index (χ2v) is 12.1. The van der Waals surface area contributed by atoms with Crippen LogP contribution in [0.1, 0.15) is 0 Å². The molecule has 0 aromatic rings. The Balaban J connectivity index is -0.0000000506. The Morgan fingerprint density at radius 3 is 2.23 bits per heavy atom. The molecule has 0 unspecified atom stereocenters. The average Bonchev–Trinajstić information content (AvgIpc) is 2.44. The van der Waals surface area contributed by atoms with Crippen LogP contribution in [0, 0.1) is 0 Å². The average molecular weight is 728 g/mol. The van der Waals surface area contributed by atoms with E-state index in [0.717, 1.165) is 0 Å². The fraction of sp³-hybridized carbons (Fsp3) is 0. The summed E-state index contributed by atoms with van der Waals surface area (Å²) in [5.74, 6) is 0. The summed E-state index contributed by atoms with van der Waals surface area (Å²) >= 11 is 1.22. The van der Waals surface area contributed by atoms with E-state index in [1.54, 1.807) is 0 Å². The molecule has 0 nitrogen and oxygen atoms in total. The minimum Gasteiger partial charge on any atom is -1.00 e. The molecule has 13 heavy (non-hydrogen) atoms. The van der Waals surface area contributed by atoms with Gasteiger partial charge in [-0.05, 0) is 0 Å². The van der Waals surface area contributed by atoms with Crippen LogP contribution in [0.25, 0.3) is 0 Å². The molecule has 1 radical (unpaired) electrons. The van der Waals surface area contributed by atoms with Gasteiger partial charge in [0.2, 0.25) is 0 Å². The van der Waals surface area contributed by atoms with Crippen LogP contribution in [0.3, 0.4) is 0 Å². The Labute approximate surface area is 157 Å². The van der Waals surface area contributed by atoms with Gasteiger partial charge in [0, 0.05) is 0 Å². The molecule has 1 aliphatic heterocycles. The second-order valence-electron chi connectivity index (χ2n) is 1.17. The molecule has 0 aromatic carbocycles. The first-order chi connectivity index (χ1) is 4.91. The fourth-order valence-corrected chi connectivity index (χ4v) is 10.3. The van der Waals surface area contributed by atoms with Crippen molar-refractivity contribution in [3.8, 4) is 0 Å². The molecule has 0 saturated carbocycles. The Morgan fingerprint density at radius 1 is 1.54 bits per heavy atom. The first kappa shape index (κ1) is 25.7. The summed E-state index contributed by atoms with van der Waals surface area (Å²) in [6.45, 7) is 0. The van der Waals surface area contributed by atoms with Gasteiger partial charge in [-0.25, -0.2) is 0 Å². The number of rotatable bonds is 1. The summed E-state index contributed by atoms with van der Waals surface area (Å²) in [6.07, 6.45) is 0. The largest absolute Gasteiger partial charge is 4.00 e. The normalized spacial score (nSPS) is 10.2. The zero-order chi connectivity index (χ0) is 7.66. The molecule has 0 saturated heterocycles. The molecule has 0 aliphatic carbocycles. The van der Waals surface area contributed by atoms with Crippen molar-refractivity contribution in [1.82, 2.24) is 0 Å². The van der Waals surface area contributed by atoms with Crippen molar-refractivity contribution >= 4 is 93.3 Å². The monoisotopic (exact) mass is 723 g/mol. The van der Waals surface area contributed by atoms with E-state index in [4.69, 9.17) is 4.45 Å². The molecule has 0 aromatic heterocycles. The molecule has 0 bridgehead atoms. The topological polar surface area (TPSA) is 0 Å². The van der Waals surface area contributed by atoms with Crippen LogP contribution in [-0.2, 0) is 26.2 Å².